The number of unbranched alkanes of at least 4 members (excludes halogenated alkanes) is 10. The van der Waals surface area contributed by atoms with Gasteiger partial charge in [-0.15, -0.1) is 0 Å². The molecule has 0 aromatic heterocycles. The molecule has 0 unspecified atom stereocenters. The molecule has 206 valence electrons. The molecule has 0 aromatic rings. The predicted molar refractivity (Wildman–Crippen MR) is 138 cm³/mol. The second kappa shape index (κ2) is 27.3. The average molecular weight is 493 g/mol. The number of aliphatic hydroxyl groups excluding tert-OH is 1. The summed E-state index contributed by atoms with van der Waals surface area (Å²) in [6, 6.07) is 0. The number of rotatable bonds is 28. The zero-order chi connectivity index (χ0) is 25.0. The summed E-state index contributed by atoms with van der Waals surface area (Å²) >= 11 is 0. The van der Waals surface area contributed by atoms with Crippen LogP contribution in [0.1, 0.15) is 91.4 Å². The van der Waals surface area contributed by atoms with Crippen molar-refractivity contribution < 1.29 is 33.5 Å². The van der Waals surface area contributed by atoms with Gasteiger partial charge in [0.1, 0.15) is 0 Å². The lowest BCUT2D eigenvalue weighted by Gasteiger charge is -2.19. The molecule has 34 heavy (non-hydrogen) atoms. The summed E-state index contributed by atoms with van der Waals surface area (Å²) in [5.41, 5.74) is 0.00628. The largest absolute Gasteiger partial charge is 0.394 e. The fourth-order valence-electron chi connectivity index (χ4n) is 3.32. The Kier molecular flexibility index (Phi) is 27.1. The first-order valence-corrected chi connectivity index (χ1v) is 13.7. The molecule has 0 aliphatic rings. The van der Waals surface area contributed by atoms with Crippen molar-refractivity contribution in [2.75, 3.05) is 79.3 Å². The number of hydrogen-bond donors (Lipinski definition) is 1. The molecule has 0 aliphatic heterocycles. The summed E-state index contributed by atoms with van der Waals surface area (Å²) in [5, 5.41) is 8.56. The third kappa shape index (κ3) is 31.7. The lowest BCUT2D eigenvalue weighted by molar-refractivity contribution is -0.0134. The molecular weight excluding hydrogens is 436 g/mol. The van der Waals surface area contributed by atoms with Crippen LogP contribution in [-0.4, -0.2) is 90.0 Å². The van der Waals surface area contributed by atoms with Crippen molar-refractivity contribution >= 4 is 0 Å². The van der Waals surface area contributed by atoms with Gasteiger partial charge in [0, 0.05) is 13.2 Å². The van der Waals surface area contributed by atoms with E-state index in [1.165, 1.54) is 64.2 Å². The van der Waals surface area contributed by atoms with E-state index in [1.807, 2.05) is 0 Å². The number of aliphatic hydroxyl groups is 1. The minimum absolute atomic E-state index is 0.00628. The van der Waals surface area contributed by atoms with Crippen molar-refractivity contribution in [1.29, 1.82) is 0 Å². The smallest absolute Gasteiger partial charge is 0.0701 e. The highest BCUT2D eigenvalue weighted by molar-refractivity contribution is 4.58. The van der Waals surface area contributed by atoms with Gasteiger partial charge in [0.05, 0.1) is 71.7 Å². The van der Waals surface area contributed by atoms with Crippen LogP contribution in [0.2, 0.25) is 0 Å². The molecule has 0 saturated carbocycles. The van der Waals surface area contributed by atoms with E-state index in [-0.39, 0.29) is 12.2 Å². The summed E-state index contributed by atoms with van der Waals surface area (Å²) in [7, 11) is 0. The molecule has 0 heterocycles. The van der Waals surface area contributed by atoms with Gasteiger partial charge in [-0.2, -0.15) is 0 Å². The Morgan fingerprint density at radius 2 is 0.676 bits per heavy atom. The molecule has 0 radical (unpaired) electrons. The summed E-state index contributed by atoms with van der Waals surface area (Å²) in [5.74, 6) is 0. The monoisotopic (exact) mass is 492 g/mol. The topological polar surface area (TPSA) is 75.6 Å². The van der Waals surface area contributed by atoms with Crippen molar-refractivity contribution in [3.8, 4) is 0 Å². The summed E-state index contributed by atoms with van der Waals surface area (Å²) in [6.07, 6.45) is 14.4. The zero-order valence-electron chi connectivity index (χ0n) is 22.7. The minimum Gasteiger partial charge on any atom is -0.394 e. The third-order valence-electron chi connectivity index (χ3n) is 5.19. The molecule has 0 bridgehead atoms. The van der Waals surface area contributed by atoms with Crippen LogP contribution in [0.5, 0.6) is 0 Å². The van der Waals surface area contributed by atoms with Crippen LogP contribution in [0, 0.1) is 0 Å². The van der Waals surface area contributed by atoms with E-state index < -0.39 is 0 Å². The Morgan fingerprint density at radius 1 is 0.382 bits per heavy atom. The molecule has 0 spiro atoms. The van der Waals surface area contributed by atoms with Gasteiger partial charge < -0.3 is 33.5 Å². The fraction of sp³-hybridized carbons (Fsp3) is 1.00. The van der Waals surface area contributed by atoms with Crippen LogP contribution in [0.15, 0.2) is 0 Å². The van der Waals surface area contributed by atoms with Crippen LogP contribution in [-0.2, 0) is 28.4 Å². The molecule has 0 rings (SSSR count). The molecular formula is C27H56O7. The van der Waals surface area contributed by atoms with Crippen LogP contribution in [0.25, 0.3) is 0 Å². The van der Waals surface area contributed by atoms with Crippen molar-refractivity contribution in [3.05, 3.63) is 0 Å². The van der Waals surface area contributed by atoms with Crippen molar-refractivity contribution in [2.45, 2.75) is 97.0 Å². The van der Waals surface area contributed by atoms with Crippen LogP contribution in [0.4, 0.5) is 0 Å². The second-order valence-corrected chi connectivity index (χ2v) is 9.64. The van der Waals surface area contributed by atoms with Gasteiger partial charge in [-0.25, -0.2) is 0 Å². The first-order chi connectivity index (χ1) is 16.6. The summed E-state index contributed by atoms with van der Waals surface area (Å²) in [4.78, 5) is 0. The first-order valence-electron chi connectivity index (χ1n) is 13.7. The predicted octanol–water partition coefficient (Wildman–Crippen LogP) is 5.17. The second-order valence-electron chi connectivity index (χ2n) is 9.64. The van der Waals surface area contributed by atoms with Gasteiger partial charge in [0.15, 0.2) is 0 Å². The SMILES string of the molecule is CC(C)(C)OCCCCCCCCCCCCCOCCOCCOCCOCCOCCO. The first kappa shape index (κ1) is 33.7. The standard InChI is InChI=1S/C27H56O7/c1-27(2,3)34-17-14-12-10-8-6-4-5-7-9-11-13-16-29-19-21-31-23-25-33-26-24-32-22-20-30-18-15-28/h28H,4-26H2,1-3H3. The maximum Gasteiger partial charge on any atom is 0.0701 e. The van der Waals surface area contributed by atoms with Crippen molar-refractivity contribution in [1.82, 2.24) is 0 Å². The lowest BCUT2D eigenvalue weighted by atomic mass is 10.1. The molecule has 1 N–H and O–H groups in total. The van der Waals surface area contributed by atoms with E-state index in [1.54, 1.807) is 0 Å². The van der Waals surface area contributed by atoms with Crippen LogP contribution in [0.3, 0.4) is 0 Å². The molecule has 7 nitrogen and oxygen atoms in total. The highest BCUT2D eigenvalue weighted by atomic mass is 16.6. The van der Waals surface area contributed by atoms with Gasteiger partial charge in [-0.1, -0.05) is 57.8 Å². The molecule has 0 aromatic carbocycles. The number of hydrogen-bond acceptors (Lipinski definition) is 7. The van der Waals surface area contributed by atoms with E-state index in [4.69, 9.17) is 33.5 Å². The highest BCUT2D eigenvalue weighted by Crippen LogP contribution is 2.13. The van der Waals surface area contributed by atoms with Crippen LogP contribution >= 0.6 is 0 Å². The highest BCUT2D eigenvalue weighted by Gasteiger charge is 2.08. The summed E-state index contributed by atoms with van der Waals surface area (Å²) in [6.45, 7) is 13.0. The van der Waals surface area contributed by atoms with Crippen molar-refractivity contribution in [2.24, 2.45) is 0 Å². The molecule has 0 aliphatic carbocycles. The minimum atomic E-state index is 0.00628. The molecule has 0 fully saturated rings. The van der Waals surface area contributed by atoms with Gasteiger partial charge in [0.2, 0.25) is 0 Å². The lowest BCUT2D eigenvalue weighted by Crippen LogP contribution is -2.19. The van der Waals surface area contributed by atoms with Gasteiger partial charge in [-0.3, -0.25) is 0 Å². The Balaban J connectivity index is 3.03. The van der Waals surface area contributed by atoms with Crippen molar-refractivity contribution in [3.63, 3.8) is 0 Å². The fourth-order valence-corrected chi connectivity index (χ4v) is 3.32. The van der Waals surface area contributed by atoms with Gasteiger partial charge >= 0.3 is 0 Å². The molecule has 0 atom stereocenters. The third-order valence-corrected chi connectivity index (χ3v) is 5.19. The molecule has 0 amide bonds. The Hall–Kier alpha value is -0.280. The maximum atomic E-state index is 8.56. The van der Waals surface area contributed by atoms with E-state index in [9.17, 15) is 0 Å². The zero-order valence-corrected chi connectivity index (χ0v) is 22.7. The Bertz CT molecular complexity index is 374. The maximum absolute atomic E-state index is 8.56. The quantitative estimate of drug-likeness (QED) is 0.151. The Morgan fingerprint density at radius 3 is 1.03 bits per heavy atom. The average Bonchev–Trinajstić information content (AvgIpc) is 2.80. The van der Waals surface area contributed by atoms with Crippen LogP contribution < -0.4 is 0 Å². The van der Waals surface area contributed by atoms with E-state index >= 15 is 0 Å². The normalized spacial score (nSPS) is 12.0. The summed E-state index contributed by atoms with van der Waals surface area (Å²) < 4.78 is 32.7. The van der Waals surface area contributed by atoms with E-state index in [0.29, 0.717) is 59.5 Å². The Labute approximate surface area is 210 Å². The number of ether oxygens (including phenoxy) is 6. The van der Waals surface area contributed by atoms with Gasteiger partial charge in [0.25, 0.3) is 0 Å². The molecule has 7 heteroatoms. The van der Waals surface area contributed by atoms with E-state index in [2.05, 4.69) is 20.8 Å². The van der Waals surface area contributed by atoms with Gasteiger partial charge in [-0.05, 0) is 33.6 Å². The molecule has 0 saturated heterocycles. The van der Waals surface area contributed by atoms with E-state index in [0.717, 1.165) is 19.6 Å².